The van der Waals surface area contributed by atoms with Crippen LogP contribution in [0.25, 0.3) is 0 Å². The zero-order valence-corrected chi connectivity index (χ0v) is 14.2. The molecule has 1 aromatic rings. The van der Waals surface area contributed by atoms with E-state index in [1.165, 1.54) is 43.6 Å². The van der Waals surface area contributed by atoms with E-state index < -0.39 is 0 Å². The standard InChI is InChI=1S/C14H21N.C2H6.CH4S/c1-3-12(2)13-6-8-14(9-7-13)15-10-4-5-11-15;2*1-2/h6-9,12H,3-5,10-11H2,1-2H3;1-2H3;2H,1H3. The second-order valence-corrected chi connectivity index (χ2v) is 4.59. The van der Waals surface area contributed by atoms with Crippen LogP contribution in [0, 0.1) is 0 Å². The highest BCUT2D eigenvalue weighted by Crippen LogP contribution is 2.24. The Labute approximate surface area is 125 Å². The summed E-state index contributed by atoms with van der Waals surface area (Å²) in [6, 6.07) is 9.16. The molecule has 0 aliphatic carbocycles. The summed E-state index contributed by atoms with van der Waals surface area (Å²) in [7, 11) is 0. The predicted octanol–water partition coefficient (Wildman–Crippen LogP) is 5.37. The smallest absolute Gasteiger partial charge is 0.0366 e. The van der Waals surface area contributed by atoms with Gasteiger partial charge in [0.15, 0.2) is 0 Å². The number of nitrogens with zero attached hydrogens (tertiary/aromatic N) is 1. The summed E-state index contributed by atoms with van der Waals surface area (Å²) < 4.78 is 0. The number of rotatable bonds is 3. The number of benzene rings is 1. The van der Waals surface area contributed by atoms with Crippen LogP contribution in [0.1, 0.15) is 58.4 Å². The zero-order valence-electron chi connectivity index (χ0n) is 13.3. The molecule has 1 aromatic carbocycles. The van der Waals surface area contributed by atoms with Gasteiger partial charge in [0.05, 0.1) is 0 Å². The molecule has 1 aliphatic heterocycles. The van der Waals surface area contributed by atoms with Gasteiger partial charge in [0, 0.05) is 18.8 Å². The van der Waals surface area contributed by atoms with Gasteiger partial charge in [0.25, 0.3) is 0 Å². The fraction of sp³-hybridized carbons (Fsp3) is 0.647. The minimum atomic E-state index is 0.692. The van der Waals surface area contributed by atoms with E-state index in [0.29, 0.717) is 5.92 Å². The molecule has 0 saturated carbocycles. The average molecular weight is 282 g/mol. The summed E-state index contributed by atoms with van der Waals surface area (Å²) in [5.74, 6) is 0.692. The lowest BCUT2D eigenvalue weighted by Crippen LogP contribution is -2.17. The lowest BCUT2D eigenvalue weighted by atomic mass is 9.98. The van der Waals surface area contributed by atoms with Gasteiger partial charge in [0.2, 0.25) is 0 Å². The molecule has 1 unspecified atom stereocenters. The molecule has 0 N–H and O–H groups in total. The summed E-state index contributed by atoms with van der Waals surface area (Å²) in [5, 5.41) is 0. The fourth-order valence-corrected chi connectivity index (χ4v) is 2.22. The Morgan fingerprint density at radius 2 is 1.53 bits per heavy atom. The maximum Gasteiger partial charge on any atom is 0.0366 e. The molecule has 0 bridgehead atoms. The topological polar surface area (TPSA) is 3.24 Å². The molecule has 1 atom stereocenters. The molecule has 1 heterocycles. The van der Waals surface area contributed by atoms with Crippen molar-refractivity contribution in [2.24, 2.45) is 0 Å². The summed E-state index contributed by atoms with van der Waals surface area (Å²) in [4.78, 5) is 2.49. The van der Waals surface area contributed by atoms with Crippen molar-refractivity contribution >= 4 is 18.3 Å². The van der Waals surface area contributed by atoms with Gasteiger partial charge in [-0.25, -0.2) is 0 Å². The third kappa shape index (κ3) is 5.90. The summed E-state index contributed by atoms with van der Waals surface area (Å²) in [6.07, 6.45) is 5.63. The Morgan fingerprint density at radius 3 is 1.95 bits per heavy atom. The summed E-state index contributed by atoms with van der Waals surface area (Å²) >= 11 is 3.53. The van der Waals surface area contributed by atoms with Crippen LogP contribution in [0.15, 0.2) is 24.3 Å². The first-order chi connectivity index (χ1) is 9.31. The van der Waals surface area contributed by atoms with E-state index in [1.807, 2.05) is 13.8 Å². The van der Waals surface area contributed by atoms with E-state index in [-0.39, 0.29) is 0 Å². The van der Waals surface area contributed by atoms with Crippen LogP contribution in [-0.2, 0) is 0 Å². The fourth-order valence-electron chi connectivity index (χ4n) is 2.22. The Bertz CT molecular complexity index is 302. The largest absolute Gasteiger partial charge is 0.372 e. The first-order valence-electron chi connectivity index (χ1n) is 7.61. The van der Waals surface area contributed by atoms with Crippen LogP contribution >= 0.6 is 12.6 Å². The van der Waals surface area contributed by atoms with Crippen molar-refractivity contribution in [2.45, 2.75) is 52.9 Å². The molecule has 0 aromatic heterocycles. The Morgan fingerprint density at radius 1 is 1.05 bits per heavy atom. The van der Waals surface area contributed by atoms with Crippen molar-refractivity contribution in [3.8, 4) is 0 Å². The second kappa shape index (κ2) is 11.2. The molecular formula is C17H31NS. The molecule has 2 heteroatoms. The van der Waals surface area contributed by atoms with Gasteiger partial charge >= 0.3 is 0 Å². The SMILES string of the molecule is CC.CCC(C)c1ccc(N2CCCC2)cc1.CS. The van der Waals surface area contributed by atoms with Gasteiger partial charge in [-0.2, -0.15) is 12.6 Å². The third-order valence-corrected chi connectivity index (χ3v) is 3.55. The van der Waals surface area contributed by atoms with Crippen molar-refractivity contribution in [3.63, 3.8) is 0 Å². The molecule has 1 fully saturated rings. The van der Waals surface area contributed by atoms with Crippen LogP contribution in [0.2, 0.25) is 0 Å². The molecule has 0 radical (unpaired) electrons. The summed E-state index contributed by atoms with van der Waals surface area (Å²) in [6.45, 7) is 11.0. The minimum absolute atomic E-state index is 0.692. The molecular weight excluding hydrogens is 250 g/mol. The van der Waals surface area contributed by atoms with Crippen LogP contribution < -0.4 is 4.90 Å². The van der Waals surface area contributed by atoms with Gasteiger partial charge < -0.3 is 4.90 Å². The van der Waals surface area contributed by atoms with Crippen molar-refractivity contribution in [3.05, 3.63) is 29.8 Å². The van der Waals surface area contributed by atoms with E-state index in [1.54, 1.807) is 6.26 Å². The molecule has 2 rings (SSSR count). The quantitative estimate of drug-likeness (QED) is 0.729. The zero-order chi connectivity index (χ0) is 14.7. The van der Waals surface area contributed by atoms with Gasteiger partial charge in [-0.15, -0.1) is 0 Å². The molecule has 110 valence electrons. The Kier molecular flexibility index (Phi) is 10.8. The molecule has 1 saturated heterocycles. The van der Waals surface area contributed by atoms with Crippen molar-refractivity contribution in [2.75, 3.05) is 24.2 Å². The maximum atomic E-state index is 3.53. The number of hydrogen-bond donors (Lipinski definition) is 1. The molecule has 19 heavy (non-hydrogen) atoms. The third-order valence-electron chi connectivity index (χ3n) is 3.55. The molecule has 1 aliphatic rings. The minimum Gasteiger partial charge on any atom is -0.372 e. The normalized spacial score (nSPS) is 14.9. The van der Waals surface area contributed by atoms with E-state index in [9.17, 15) is 0 Å². The van der Waals surface area contributed by atoms with E-state index >= 15 is 0 Å². The van der Waals surface area contributed by atoms with E-state index in [2.05, 4.69) is 55.6 Å². The lowest BCUT2D eigenvalue weighted by Gasteiger charge is -2.18. The van der Waals surface area contributed by atoms with E-state index in [4.69, 9.17) is 0 Å². The van der Waals surface area contributed by atoms with Crippen LogP contribution in [-0.4, -0.2) is 19.3 Å². The number of thiol groups is 1. The molecule has 0 spiro atoms. The predicted molar refractivity (Wildman–Crippen MR) is 92.9 cm³/mol. The summed E-state index contributed by atoms with van der Waals surface area (Å²) in [5.41, 5.74) is 2.88. The Balaban J connectivity index is 0.000000741. The second-order valence-electron chi connectivity index (χ2n) is 4.59. The molecule has 0 amide bonds. The van der Waals surface area contributed by atoms with Crippen LogP contribution in [0.3, 0.4) is 0 Å². The van der Waals surface area contributed by atoms with Crippen molar-refractivity contribution < 1.29 is 0 Å². The van der Waals surface area contributed by atoms with E-state index in [0.717, 1.165) is 0 Å². The number of anilines is 1. The molecule has 1 nitrogen and oxygen atoms in total. The van der Waals surface area contributed by atoms with Gasteiger partial charge in [0.1, 0.15) is 0 Å². The first-order valence-corrected chi connectivity index (χ1v) is 8.50. The number of hydrogen-bond acceptors (Lipinski definition) is 2. The highest BCUT2D eigenvalue weighted by molar-refractivity contribution is 7.79. The van der Waals surface area contributed by atoms with Gasteiger partial charge in [-0.05, 0) is 49.1 Å². The van der Waals surface area contributed by atoms with Crippen molar-refractivity contribution in [1.29, 1.82) is 0 Å². The lowest BCUT2D eigenvalue weighted by molar-refractivity contribution is 0.733. The highest BCUT2D eigenvalue weighted by atomic mass is 32.1. The monoisotopic (exact) mass is 281 g/mol. The van der Waals surface area contributed by atoms with Crippen molar-refractivity contribution in [1.82, 2.24) is 0 Å². The maximum absolute atomic E-state index is 3.53. The average Bonchev–Trinajstić information content (AvgIpc) is 3.05. The van der Waals surface area contributed by atoms with Gasteiger partial charge in [-0.1, -0.05) is 39.8 Å². The van der Waals surface area contributed by atoms with Crippen LogP contribution in [0.5, 0.6) is 0 Å². The van der Waals surface area contributed by atoms with Crippen LogP contribution in [0.4, 0.5) is 5.69 Å². The highest BCUT2D eigenvalue weighted by Gasteiger charge is 2.12. The first kappa shape index (κ1) is 18.4. The Hall–Kier alpha value is -0.630. The van der Waals surface area contributed by atoms with Gasteiger partial charge in [-0.3, -0.25) is 0 Å².